The van der Waals surface area contributed by atoms with Gasteiger partial charge in [0.1, 0.15) is 0 Å². The van der Waals surface area contributed by atoms with Crippen LogP contribution in [0.25, 0.3) is 12.2 Å². The van der Waals surface area contributed by atoms with Gasteiger partial charge in [-0.05, 0) is 66.4 Å². The Morgan fingerprint density at radius 1 is 0.970 bits per heavy atom. The fourth-order valence-corrected chi connectivity index (χ4v) is 3.95. The van der Waals surface area contributed by atoms with E-state index in [1.807, 2.05) is 42.5 Å². The summed E-state index contributed by atoms with van der Waals surface area (Å²) < 4.78 is 5.38. The summed E-state index contributed by atoms with van der Waals surface area (Å²) in [6.07, 6.45) is 7.62. The number of hydrogen-bond acceptors (Lipinski definition) is 4. The lowest BCUT2D eigenvalue weighted by molar-refractivity contribution is 0.0374. The van der Waals surface area contributed by atoms with Gasteiger partial charge in [-0.25, -0.2) is 0 Å². The van der Waals surface area contributed by atoms with Crippen LogP contribution in [0.4, 0.5) is 0 Å². The van der Waals surface area contributed by atoms with Crippen molar-refractivity contribution in [2.24, 2.45) is 0 Å². The van der Waals surface area contributed by atoms with Crippen molar-refractivity contribution in [3.8, 4) is 0 Å². The van der Waals surface area contributed by atoms with Crippen LogP contribution in [0, 0.1) is 0 Å². The van der Waals surface area contributed by atoms with Crippen molar-refractivity contribution in [2.45, 2.75) is 12.8 Å². The van der Waals surface area contributed by atoms with Crippen LogP contribution in [0.5, 0.6) is 0 Å². The topological polar surface area (TPSA) is 54.5 Å². The van der Waals surface area contributed by atoms with E-state index in [1.54, 1.807) is 6.20 Å². The Hall–Kier alpha value is -3.28. The molecular formula is C28H31N3O2. The third kappa shape index (κ3) is 7.38. The van der Waals surface area contributed by atoms with Crippen LogP contribution in [0.1, 0.15) is 39.2 Å². The molecule has 0 unspecified atom stereocenters. The van der Waals surface area contributed by atoms with E-state index >= 15 is 0 Å². The summed E-state index contributed by atoms with van der Waals surface area (Å²) in [5.74, 6) is -0.00845. The summed E-state index contributed by atoms with van der Waals surface area (Å²) >= 11 is 0. The molecule has 1 N–H and O–H groups in total. The van der Waals surface area contributed by atoms with Crippen LogP contribution in [-0.4, -0.2) is 55.2 Å². The highest BCUT2D eigenvalue weighted by Crippen LogP contribution is 2.15. The summed E-state index contributed by atoms with van der Waals surface area (Å²) in [6.45, 7) is 5.26. The minimum absolute atomic E-state index is 0.00845. The number of benzene rings is 2. The molecule has 4 rings (SSSR count). The Morgan fingerprint density at radius 3 is 2.61 bits per heavy atom. The number of nitrogens with one attached hydrogen (secondary N) is 1. The number of amides is 1. The molecule has 3 aromatic rings. The first-order chi connectivity index (χ1) is 16.3. The summed E-state index contributed by atoms with van der Waals surface area (Å²) in [7, 11) is 0. The maximum atomic E-state index is 12.6. The van der Waals surface area contributed by atoms with Crippen molar-refractivity contribution < 1.29 is 9.53 Å². The van der Waals surface area contributed by atoms with Crippen molar-refractivity contribution in [1.82, 2.24) is 15.2 Å². The molecule has 0 saturated carbocycles. The van der Waals surface area contributed by atoms with Crippen LogP contribution < -0.4 is 5.32 Å². The van der Waals surface area contributed by atoms with Gasteiger partial charge in [0, 0.05) is 31.4 Å². The fourth-order valence-electron chi connectivity index (χ4n) is 3.95. The Bertz CT molecular complexity index is 1060. The molecule has 5 heteroatoms. The van der Waals surface area contributed by atoms with Crippen LogP contribution in [0.2, 0.25) is 0 Å². The van der Waals surface area contributed by atoms with E-state index in [2.05, 4.69) is 51.6 Å². The number of rotatable bonds is 9. The molecule has 1 aliphatic rings. The van der Waals surface area contributed by atoms with Gasteiger partial charge in [0.05, 0.1) is 18.9 Å². The molecule has 170 valence electrons. The largest absolute Gasteiger partial charge is 0.379 e. The maximum absolute atomic E-state index is 12.6. The van der Waals surface area contributed by atoms with E-state index in [9.17, 15) is 4.79 Å². The summed E-state index contributed by atoms with van der Waals surface area (Å²) in [5.41, 5.74) is 5.12. The average Bonchev–Trinajstić information content (AvgIpc) is 2.87. The smallest absolute Gasteiger partial charge is 0.251 e. The number of morpholine rings is 1. The second kappa shape index (κ2) is 12.1. The number of pyridine rings is 1. The maximum Gasteiger partial charge on any atom is 0.251 e. The molecule has 1 fully saturated rings. The second-order valence-corrected chi connectivity index (χ2v) is 8.27. The standard InChI is InChI=1S/C28H31N3O2/c32-28(30-14-5-15-31-16-18-33-19-17-31)26-9-4-8-25(22-26)21-24-7-3-6-23(20-24)11-12-27-10-1-2-13-29-27/h1-4,6-13,20,22H,5,14-19,21H2,(H,30,32)/b12-11+. The van der Waals surface area contributed by atoms with E-state index in [-0.39, 0.29) is 5.91 Å². The third-order valence-corrected chi connectivity index (χ3v) is 5.72. The Labute approximate surface area is 196 Å². The number of aromatic nitrogens is 1. The van der Waals surface area contributed by atoms with E-state index in [1.165, 1.54) is 5.56 Å². The Kier molecular flexibility index (Phi) is 8.39. The van der Waals surface area contributed by atoms with Gasteiger partial charge in [-0.2, -0.15) is 0 Å². The van der Waals surface area contributed by atoms with Gasteiger partial charge in [-0.15, -0.1) is 0 Å². The number of hydrogen-bond donors (Lipinski definition) is 1. The molecule has 2 aromatic carbocycles. The van der Waals surface area contributed by atoms with Crippen LogP contribution in [0.15, 0.2) is 72.9 Å². The first kappa shape index (κ1) is 22.9. The van der Waals surface area contributed by atoms with Gasteiger partial charge in [0.15, 0.2) is 0 Å². The second-order valence-electron chi connectivity index (χ2n) is 8.27. The summed E-state index contributed by atoms with van der Waals surface area (Å²) in [4.78, 5) is 19.3. The van der Waals surface area contributed by atoms with Crippen molar-refractivity contribution in [3.63, 3.8) is 0 Å². The molecule has 0 radical (unpaired) electrons. The SMILES string of the molecule is O=C(NCCCN1CCOCC1)c1cccc(Cc2cccc(/C=C/c3ccccn3)c2)c1. The highest BCUT2D eigenvalue weighted by atomic mass is 16.5. The van der Waals surface area contributed by atoms with Gasteiger partial charge in [0.25, 0.3) is 5.91 Å². The quantitative estimate of drug-likeness (QED) is 0.503. The lowest BCUT2D eigenvalue weighted by Gasteiger charge is -2.26. The van der Waals surface area contributed by atoms with Gasteiger partial charge in [-0.3, -0.25) is 14.7 Å². The lowest BCUT2D eigenvalue weighted by Crippen LogP contribution is -2.38. The molecule has 5 nitrogen and oxygen atoms in total. The molecule has 2 heterocycles. The van der Waals surface area contributed by atoms with Crippen molar-refractivity contribution in [2.75, 3.05) is 39.4 Å². The van der Waals surface area contributed by atoms with E-state index < -0.39 is 0 Å². The monoisotopic (exact) mass is 441 g/mol. The summed E-state index contributed by atoms with van der Waals surface area (Å²) in [5, 5.41) is 3.06. The molecule has 1 aromatic heterocycles. The molecule has 1 amide bonds. The molecule has 0 bridgehead atoms. The number of carbonyl (C=O) groups excluding carboxylic acids is 1. The van der Waals surface area contributed by atoms with Crippen molar-refractivity contribution in [3.05, 3.63) is 101 Å². The molecule has 0 spiro atoms. The van der Waals surface area contributed by atoms with E-state index in [0.717, 1.165) is 62.5 Å². The van der Waals surface area contributed by atoms with E-state index in [0.29, 0.717) is 12.1 Å². The minimum atomic E-state index is -0.00845. The molecule has 0 atom stereocenters. The van der Waals surface area contributed by atoms with Crippen molar-refractivity contribution >= 4 is 18.1 Å². The zero-order valence-corrected chi connectivity index (χ0v) is 19.0. The summed E-state index contributed by atoms with van der Waals surface area (Å²) in [6, 6.07) is 22.2. The average molecular weight is 442 g/mol. The van der Waals surface area contributed by atoms with Crippen LogP contribution in [-0.2, 0) is 11.2 Å². The Morgan fingerprint density at radius 2 is 1.79 bits per heavy atom. The normalized spacial score (nSPS) is 14.4. The van der Waals surface area contributed by atoms with Crippen LogP contribution >= 0.6 is 0 Å². The third-order valence-electron chi connectivity index (χ3n) is 5.72. The zero-order chi connectivity index (χ0) is 22.7. The molecule has 1 aliphatic heterocycles. The van der Waals surface area contributed by atoms with Gasteiger partial charge in [-0.1, -0.05) is 48.5 Å². The number of ether oxygens (including phenoxy) is 1. The molecule has 33 heavy (non-hydrogen) atoms. The first-order valence-electron chi connectivity index (χ1n) is 11.6. The highest BCUT2D eigenvalue weighted by molar-refractivity contribution is 5.94. The van der Waals surface area contributed by atoms with Gasteiger partial charge >= 0.3 is 0 Å². The molecule has 1 saturated heterocycles. The fraction of sp³-hybridized carbons (Fsp3) is 0.286. The predicted molar refractivity (Wildman–Crippen MR) is 133 cm³/mol. The minimum Gasteiger partial charge on any atom is -0.379 e. The van der Waals surface area contributed by atoms with E-state index in [4.69, 9.17) is 4.74 Å². The zero-order valence-electron chi connectivity index (χ0n) is 19.0. The Balaban J connectivity index is 1.30. The van der Waals surface area contributed by atoms with Crippen molar-refractivity contribution in [1.29, 1.82) is 0 Å². The van der Waals surface area contributed by atoms with Gasteiger partial charge < -0.3 is 10.1 Å². The van der Waals surface area contributed by atoms with Crippen LogP contribution in [0.3, 0.4) is 0 Å². The molecular weight excluding hydrogens is 410 g/mol. The highest BCUT2D eigenvalue weighted by Gasteiger charge is 2.10. The number of carbonyl (C=O) groups is 1. The lowest BCUT2D eigenvalue weighted by atomic mass is 10.0. The van der Waals surface area contributed by atoms with Gasteiger partial charge in [0.2, 0.25) is 0 Å². The first-order valence-corrected chi connectivity index (χ1v) is 11.6. The predicted octanol–water partition coefficient (Wildman–Crippen LogP) is 4.29. The molecule has 0 aliphatic carbocycles. The number of nitrogens with zero attached hydrogens (tertiary/aromatic N) is 2.